The van der Waals surface area contributed by atoms with Gasteiger partial charge in [0, 0.05) is 0 Å². The molecule has 1 aliphatic heterocycles. The molecule has 146 valence electrons. The van der Waals surface area contributed by atoms with Crippen LogP contribution in [0.4, 0.5) is 0 Å². The van der Waals surface area contributed by atoms with Gasteiger partial charge < -0.3 is 19.3 Å². The second kappa shape index (κ2) is 8.63. The number of aliphatic carboxylic acids is 1. The third-order valence-corrected chi connectivity index (χ3v) is 5.72. The summed E-state index contributed by atoms with van der Waals surface area (Å²) in [6.07, 6.45) is 2.56. The van der Waals surface area contributed by atoms with Crippen LogP contribution >= 0.6 is 11.3 Å². The minimum Gasteiger partial charge on any atom is -0.493 e. The molecule has 27 heavy (non-hydrogen) atoms. The molecular formula is C20H25NO5S. The largest absolute Gasteiger partial charge is 0.493 e. The fourth-order valence-corrected chi connectivity index (χ4v) is 4.47. The topological polar surface area (TPSA) is 68.2 Å². The fraction of sp³-hybridized carbons (Fsp3) is 0.450. The van der Waals surface area contributed by atoms with Crippen LogP contribution in [0.5, 0.6) is 17.2 Å². The molecule has 6 nitrogen and oxygen atoms in total. The van der Waals surface area contributed by atoms with Crippen LogP contribution in [0.3, 0.4) is 0 Å². The molecule has 7 heteroatoms. The van der Waals surface area contributed by atoms with Crippen LogP contribution in [0.1, 0.15) is 36.4 Å². The van der Waals surface area contributed by atoms with Crippen molar-refractivity contribution >= 4 is 17.3 Å². The summed E-state index contributed by atoms with van der Waals surface area (Å²) >= 11 is 1.60. The predicted molar refractivity (Wildman–Crippen MR) is 104 cm³/mol. The lowest BCUT2D eigenvalue weighted by Crippen LogP contribution is -2.46. The number of carboxylic acid groups (broad SMARTS) is 1. The van der Waals surface area contributed by atoms with Crippen molar-refractivity contribution in [2.24, 2.45) is 0 Å². The number of ether oxygens (including phenoxy) is 3. The minimum atomic E-state index is -0.776. The van der Waals surface area contributed by atoms with Crippen molar-refractivity contribution in [2.45, 2.75) is 31.3 Å². The molecule has 1 saturated heterocycles. The first kappa shape index (κ1) is 19.5. The molecule has 3 rings (SSSR count). The Kier molecular flexibility index (Phi) is 6.23. The monoisotopic (exact) mass is 391 g/mol. The van der Waals surface area contributed by atoms with Crippen molar-refractivity contribution in [3.8, 4) is 17.2 Å². The van der Waals surface area contributed by atoms with Gasteiger partial charge in [0.2, 0.25) is 5.75 Å². The molecule has 2 unspecified atom stereocenters. The summed E-state index contributed by atoms with van der Waals surface area (Å²) in [5, 5.41) is 13.9. The number of rotatable bonds is 7. The highest BCUT2D eigenvalue weighted by molar-refractivity contribution is 7.08. The standard InChI is InChI=1S/C20H25NO5S/c1-24-16-10-14(11-17(25-2)19(16)26-3)18(13-7-9-27-12-13)21-8-5-4-6-15(21)20(22)23/h7,9-12,15,18H,4-6,8H2,1-3H3,(H,22,23). The molecule has 0 aliphatic carbocycles. The van der Waals surface area contributed by atoms with Crippen molar-refractivity contribution in [2.75, 3.05) is 27.9 Å². The number of benzene rings is 1. The number of piperidine rings is 1. The van der Waals surface area contributed by atoms with Gasteiger partial charge in [-0.15, -0.1) is 0 Å². The van der Waals surface area contributed by atoms with Crippen LogP contribution < -0.4 is 14.2 Å². The lowest BCUT2D eigenvalue weighted by atomic mass is 9.92. The summed E-state index contributed by atoms with van der Waals surface area (Å²) in [6, 6.07) is 5.18. The van der Waals surface area contributed by atoms with Crippen molar-refractivity contribution in [1.29, 1.82) is 0 Å². The molecule has 1 aromatic heterocycles. The molecular weight excluding hydrogens is 366 g/mol. The van der Waals surface area contributed by atoms with Gasteiger partial charge in [0.15, 0.2) is 11.5 Å². The zero-order chi connectivity index (χ0) is 19.4. The average molecular weight is 391 g/mol. The molecule has 1 aliphatic rings. The molecule has 0 amide bonds. The maximum atomic E-state index is 11.9. The van der Waals surface area contributed by atoms with Crippen molar-refractivity contribution in [3.05, 3.63) is 40.1 Å². The minimum absolute atomic E-state index is 0.189. The maximum absolute atomic E-state index is 11.9. The van der Waals surface area contributed by atoms with Gasteiger partial charge >= 0.3 is 5.97 Å². The van der Waals surface area contributed by atoms with Gasteiger partial charge in [-0.1, -0.05) is 6.42 Å². The quantitative estimate of drug-likeness (QED) is 0.774. The van der Waals surface area contributed by atoms with Crippen LogP contribution in [0.15, 0.2) is 29.0 Å². The van der Waals surface area contributed by atoms with Crippen molar-refractivity contribution in [1.82, 2.24) is 4.90 Å². The van der Waals surface area contributed by atoms with Gasteiger partial charge in [-0.2, -0.15) is 11.3 Å². The van der Waals surface area contributed by atoms with Gasteiger partial charge in [0.05, 0.1) is 27.4 Å². The summed E-state index contributed by atoms with van der Waals surface area (Å²) in [7, 11) is 4.74. The Morgan fingerprint density at radius 3 is 2.37 bits per heavy atom. The Hall–Kier alpha value is -2.25. The number of carbonyl (C=O) groups is 1. The van der Waals surface area contributed by atoms with E-state index >= 15 is 0 Å². The number of nitrogens with zero attached hydrogens (tertiary/aromatic N) is 1. The third-order valence-electron chi connectivity index (χ3n) is 5.02. The van der Waals surface area contributed by atoms with E-state index in [9.17, 15) is 9.90 Å². The summed E-state index contributed by atoms with van der Waals surface area (Å²) in [5.74, 6) is 0.885. The summed E-state index contributed by atoms with van der Waals surface area (Å²) in [6.45, 7) is 0.730. The van der Waals surface area contributed by atoms with E-state index in [1.165, 1.54) is 0 Å². The molecule has 2 atom stereocenters. The van der Waals surface area contributed by atoms with E-state index < -0.39 is 12.0 Å². The summed E-state index contributed by atoms with van der Waals surface area (Å²) < 4.78 is 16.5. The number of methoxy groups -OCH3 is 3. The van der Waals surface area contributed by atoms with Crippen LogP contribution in [0, 0.1) is 0 Å². The molecule has 1 N–H and O–H groups in total. The average Bonchev–Trinajstić information content (AvgIpc) is 3.21. The predicted octanol–water partition coefficient (Wildman–Crippen LogP) is 3.80. The molecule has 0 saturated carbocycles. The van der Waals surface area contributed by atoms with Crippen molar-refractivity contribution in [3.63, 3.8) is 0 Å². The van der Waals surface area contributed by atoms with Gasteiger partial charge in [-0.25, -0.2) is 0 Å². The normalized spacial score (nSPS) is 18.7. The molecule has 0 radical (unpaired) electrons. The SMILES string of the molecule is COc1cc(C(c2ccsc2)N2CCCCC2C(=O)O)cc(OC)c1OC. The Morgan fingerprint density at radius 2 is 1.85 bits per heavy atom. The number of hydrogen-bond donors (Lipinski definition) is 1. The van der Waals surface area contributed by atoms with Gasteiger partial charge in [-0.05, 0) is 59.5 Å². The first-order valence-electron chi connectivity index (χ1n) is 8.91. The Labute approximate surface area is 163 Å². The van der Waals surface area contributed by atoms with E-state index in [2.05, 4.69) is 10.3 Å². The van der Waals surface area contributed by atoms with E-state index in [1.54, 1.807) is 32.7 Å². The Bertz CT molecular complexity index is 752. The number of carboxylic acids is 1. The second-order valence-electron chi connectivity index (χ2n) is 6.51. The number of thiophene rings is 1. The first-order chi connectivity index (χ1) is 13.1. The lowest BCUT2D eigenvalue weighted by molar-refractivity contribution is -0.145. The molecule has 0 spiro atoms. The third kappa shape index (κ3) is 3.89. The van der Waals surface area contributed by atoms with Crippen LogP contribution in [0.2, 0.25) is 0 Å². The maximum Gasteiger partial charge on any atom is 0.320 e. The first-order valence-corrected chi connectivity index (χ1v) is 9.85. The van der Waals surface area contributed by atoms with Gasteiger partial charge in [0.1, 0.15) is 6.04 Å². The van der Waals surface area contributed by atoms with Gasteiger partial charge in [0.25, 0.3) is 0 Å². The zero-order valence-corrected chi connectivity index (χ0v) is 16.6. The zero-order valence-electron chi connectivity index (χ0n) is 15.8. The van der Waals surface area contributed by atoms with E-state index in [-0.39, 0.29) is 6.04 Å². The lowest BCUT2D eigenvalue weighted by Gasteiger charge is -2.39. The fourth-order valence-electron chi connectivity index (χ4n) is 3.79. The smallest absolute Gasteiger partial charge is 0.320 e. The van der Waals surface area contributed by atoms with Crippen LogP contribution in [-0.2, 0) is 4.79 Å². The van der Waals surface area contributed by atoms with E-state index in [1.807, 2.05) is 23.6 Å². The molecule has 2 aromatic rings. The second-order valence-corrected chi connectivity index (χ2v) is 7.29. The number of hydrogen-bond acceptors (Lipinski definition) is 6. The van der Waals surface area contributed by atoms with E-state index in [0.29, 0.717) is 23.7 Å². The van der Waals surface area contributed by atoms with Crippen LogP contribution in [0.25, 0.3) is 0 Å². The molecule has 1 fully saturated rings. The Morgan fingerprint density at radius 1 is 1.15 bits per heavy atom. The molecule has 0 bridgehead atoms. The molecule has 2 heterocycles. The Balaban J connectivity index is 2.13. The number of likely N-dealkylation sites (tertiary alicyclic amines) is 1. The van der Waals surface area contributed by atoms with E-state index in [4.69, 9.17) is 14.2 Å². The van der Waals surface area contributed by atoms with Crippen molar-refractivity contribution < 1.29 is 24.1 Å². The highest BCUT2D eigenvalue weighted by atomic mass is 32.1. The highest BCUT2D eigenvalue weighted by Gasteiger charge is 2.36. The molecule has 1 aromatic carbocycles. The van der Waals surface area contributed by atoms with Crippen LogP contribution in [-0.4, -0.2) is 49.9 Å². The highest BCUT2D eigenvalue weighted by Crippen LogP contribution is 2.43. The summed E-state index contributed by atoms with van der Waals surface area (Å²) in [5.41, 5.74) is 2.00. The van der Waals surface area contributed by atoms with Gasteiger partial charge in [-0.3, -0.25) is 9.69 Å². The van der Waals surface area contributed by atoms with E-state index in [0.717, 1.165) is 30.5 Å². The summed E-state index contributed by atoms with van der Waals surface area (Å²) in [4.78, 5) is 14.0.